The van der Waals surface area contributed by atoms with Crippen LogP contribution in [0.2, 0.25) is 5.02 Å². The van der Waals surface area contributed by atoms with Crippen molar-refractivity contribution < 1.29 is 23.9 Å². The number of likely N-dealkylation sites (N-methyl/N-ethyl adjacent to an activating group) is 1. The molecule has 312 valence electrons. The molecular weight excluding hydrogens is 752 g/mol. The van der Waals surface area contributed by atoms with Gasteiger partial charge in [0.1, 0.15) is 11.4 Å². The van der Waals surface area contributed by atoms with E-state index in [0.29, 0.717) is 47.9 Å². The van der Waals surface area contributed by atoms with Crippen LogP contribution in [0, 0.1) is 5.92 Å². The topological polar surface area (TPSA) is 125 Å². The number of pyridine rings is 1. The highest BCUT2D eigenvalue weighted by Crippen LogP contribution is 2.43. The third-order valence-electron chi connectivity index (χ3n) is 12.1. The minimum atomic E-state index is -0.498. The van der Waals surface area contributed by atoms with Gasteiger partial charge in [0.2, 0.25) is 5.88 Å². The molecule has 2 aromatic carbocycles. The lowest BCUT2D eigenvalue weighted by Gasteiger charge is -2.38. The molecule has 3 aromatic rings. The Morgan fingerprint density at radius 1 is 1.12 bits per heavy atom. The molecule has 58 heavy (non-hydrogen) atoms. The number of anilines is 1. The summed E-state index contributed by atoms with van der Waals surface area (Å²) in [5.41, 5.74) is 7.33. The Morgan fingerprint density at radius 3 is 2.52 bits per heavy atom. The van der Waals surface area contributed by atoms with Crippen molar-refractivity contribution in [1.82, 2.24) is 25.4 Å². The Morgan fingerprint density at radius 2 is 1.84 bits per heavy atom. The second-order valence-electron chi connectivity index (χ2n) is 15.7. The molecule has 3 aliphatic rings. The fraction of sp³-hybridized carbons (Fsp3) is 0.478. The second kappa shape index (κ2) is 19.7. The normalized spacial score (nSPS) is 19.4. The predicted octanol–water partition coefficient (Wildman–Crippen LogP) is 9.07. The highest BCUT2D eigenvalue weighted by molar-refractivity contribution is 6.36. The highest BCUT2D eigenvalue weighted by atomic mass is 35.5. The molecule has 0 saturated carbocycles. The number of halogens is 1. The first kappa shape index (κ1) is 44.2. The van der Waals surface area contributed by atoms with Crippen molar-refractivity contribution in [2.45, 2.75) is 97.4 Å². The van der Waals surface area contributed by atoms with Gasteiger partial charge in [-0.1, -0.05) is 89.6 Å². The molecule has 1 aromatic heterocycles. The van der Waals surface area contributed by atoms with Crippen LogP contribution in [0.3, 0.4) is 0 Å². The van der Waals surface area contributed by atoms with Gasteiger partial charge in [-0.2, -0.15) is 0 Å². The monoisotopic (exact) mass is 812 g/mol. The number of nitrogens with one attached hydrogen (secondary N) is 3. The van der Waals surface area contributed by atoms with Gasteiger partial charge in [-0.05, 0) is 85.6 Å². The molecule has 3 unspecified atom stereocenters. The van der Waals surface area contributed by atoms with E-state index in [1.807, 2.05) is 43.3 Å². The predicted molar refractivity (Wildman–Crippen MR) is 233 cm³/mol. The first-order chi connectivity index (χ1) is 27.8. The van der Waals surface area contributed by atoms with Crippen LogP contribution in [0.1, 0.15) is 95.8 Å². The molecule has 1 saturated heterocycles. The molecule has 12 heteroatoms. The number of hydrogen-bond donors (Lipinski definition) is 3. The van der Waals surface area contributed by atoms with Gasteiger partial charge in [-0.25, -0.2) is 9.78 Å². The van der Waals surface area contributed by atoms with Crippen molar-refractivity contribution in [3.63, 3.8) is 0 Å². The molecule has 0 spiro atoms. The van der Waals surface area contributed by atoms with Crippen molar-refractivity contribution in [1.29, 1.82) is 0 Å². The summed E-state index contributed by atoms with van der Waals surface area (Å²) >= 11 is 7.12. The lowest BCUT2D eigenvalue weighted by Crippen LogP contribution is -2.58. The summed E-state index contributed by atoms with van der Waals surface area (Å²) in [6.45, 7) is 16.6. The zero-order chi connectivity index (χ0) is 42.1. The Labute approximate surface area is 349 Å². The van der Waals surface area contributed by atoms with Crippen molar-refractivity contribution in [3.05, 3.63) is 88.4 Å². The van der Waals surface area contributed by atoms with Crippen LogP contribution in [0.4, 0.5) is 10.5 Å². The number of hydrogen-bond acceptors (Lipinski definition) is 7. The molecule has 1 fully saturated rings. The summed E-state index contributed by atoms with van der Waals surface area (Å²) in [7, 11) is 4.86. The van der Waals surface area contributed by atoms with Crippen LogP contribution in [0.5, 0.6) is 5.88 Å². The molecule has 3 atom stereocenters. The van der Waals surface area contributed by atoms with Gasteiger partial charge in [-0.3, -0.25) is 14.5 Å². The van der Waals surface area contributed by atoms with Crippen LogP contribution in [0.25, 0.3) is 22.4 Å². The van der Waals surface area contributed by atoms with Gasteiger partial charge in [0, 0.05) is 61.4 Å². The van der Waals surface area contributed by atoms with Crippen molar-refractivity contribution in [2.24, 2.45) is 5.92 Å². The fourth-order valence-electron chi connectivity index (χ4n) is 8.02. The third-order valence-corrected chi connectivity index (χ3v) is 12.5. The van der Waals surface area contributed by atoms with E-state index in [9.17, 15) is 14.4 Å². The van der Waals surface area contributed by atoms with Crippen LogP contribution in [-0.2, 0) is 27.2 Å². The fourth-order valence-corrected chi connectivity index (χ4v) is 8.35. The Bertz CT molecular complexity index is 2030. The average Bonchev–Trinajstić information content (AvgIpc) is 3.61. The number of fused-ring (bicyclic) bond motifs is 1. The Balaban J connectivity index is 0.000000360. The number of carbonyl (C=O) groups is 3. The molecule has 3 N–H and O–H groups in total. The van der Waals surface area contributed by atoms with Crippen molar-refractivity contribution >= 4 is 35.1 Å². The maximum Gasteiger partial charge on any atom is 0.315 e. The van der Waals surface area contributed by atoms with E-state index in [2.05, 4.69) is 56.3 Å². The number of rotatable bonds is 14. The first-order valence-corrected chi connectivity index (χ1v) is 21.0. The molecule has 0 bridgehead atoms. The summed E-state index contributed by atoms with van der Waals surface area (Å²) in [6.07, 6.45) is 9.87. The first-order valence-electron chi connectivity index (χ1n) is 20.6. The van der Waals surface area contributed by atoms with E-state index in [1.54, 1.807) is 26.2 Å². The number of aryl methyl sites for hydroxylation is 1. The molecule has 0 radical (unpaired) electrons. The zero-order valence-corrected chi connectivity index (χ0v) is 36.3. The van der Waals surface area contributed by atoms with Gasteiger partial charge in [0.25, 0.3) is 11.8 Å². The smallest absolute Gasteiger partial charge is 0.315 e. The van der Waals surface area contributed by atoms with Crippen molar-refractivity contribution in [3.8, 4) is 28.3 Å². The number of benzene rings is 2. The third kappa shape index (κ3) is 9.69. The molecule has 2 aliphatic heterocycles. The number of aromatic nitrogens is 1. The van der Waals surface area contributed by atoms with Crippen LogP contribution >= 0.6 is 11.6 Å². The molecular formula is C46H61ClN6O5. The van der Waals surface area contributed by atoms with E-state index in [1.165, 1.54) is 35.1 Å². The average molecular weight is 813 g/mol. The lowest BCUT2D eigenvalue weighted by atomic mass is 9.83. The van der Waals surface area contributed by atoms with Crippen LogP contribution in [0.15, 0.2) is 66.6 Å². The molecule has 11 nitrogen and oxygen atoms in total. The summed E-state index contributed by atoms with van der Waals surface area (Å²) in [4.78, 5) is 45.8. The quantitative estimate of drug-likeness (QED) is 0.139. The van der Waals surface area contributed by atoms with Crippen LogP contribution < -0.4 is 20.7 Å². The number of amides is 4. The van der Waals surface area contributed by atoms with E-state index in [-0.39, 0.29) is 17.1 Å². The Hall–Kier alpha value is -4.87. The lowest BCUT2D eigenvalue weighted by molar-refractivity contribution is -0.128. The standard InChI is InChI=1S/C34H37ClN4O4.C12H24N2O/c1-7-23-24(10-9-13-28(23)36-32(40)27-19-39(16-17-42-5)21(3)38(4)34(27)41)25-11-8-12-26(31(25)35)29-18-22-15-14-20(2)30(22)33(37-29)43-6;1-4-10(3)6-7-12(5-2)8-9-13-11(15)14-12/h8-13,18-20H,3,7,14-17H2,1-2,4-6H3,(H,36,40);10H,4-9H2,1-3H3,(H2,13,14,15). The number of carbonyl (C=O) groups excluding carboxylic acids is 3. The molecule has 4 amide bonds. The highest BCUT2D eigenvalue weighted by Gasteiger charge is 2.34. The number of ether oxygens (including phenoxy) is 2. The van der Waals surface area contributed by atoms with Gasteiger partial charge >= 0.3 is 6.03 Å². The maximum atomic E-state index is 13.5. The molecule has 1 aliphatic carbocycles. The van der Waals surface area contributed by atoms with Gasteiger partial charge < -0.3 is 30.3 Å². The number of methoxy groups -OCH3 is 2. The number of nitrogens with zero attached hydrogens (tertiary/aromatic N) is 3. The summed E-state index contributed by atoms with van der Waals surface area (Å²) in [6, 6.07) is 13.7. The minimum absolute atomic E-state index is 0.00671. The molecule has 3 heterocycles. The van der Waals surface area contributed by atoms with Gasteiger partial charge in [0.05, 0.1) is 24.4 Å². The minimum Gasteiger partial charge on any atom is -0.481 e. The van der Waals surface area contributed by atoms with Gasteiger partial charge in [-0.15, -0.1) is 0 Å². The Kier molecular flexibility index (Phi) is 15.0. The van der Waals surface area contributed by atoms with Gasteiger partial charge in [0.15, 0.2) is 0 Å². The molecule has 6 rings (SSSR count). The summed E-state index contributed by atoms with van der Waals surface area (Å²) in [5, 5.41) is 9.48. The summed E-state index contributed by atoms with van der Waals surface area (Å²) < 4.78 is 10.9. The number of urea groups is 1. The second-order valence-corrected chi connectivity index (χ2v) is 16.0. The van der Waals surface area contributed by atoms with Crippen molar-refractivity contribution in [2.75, 3.05) is 46.3 Å². The maximum absolute atomic E-state index is 13.5. The van der Waals surface area contributed by atoms with E-state index >= 15 is 0 Å². The van der Waals surface area contributed by atoms with Crippen LogP contribution in [-0.4, -0.2) is 79.1 Å². The van der Waals surface area contributed by atoms with E-state index in [0.717, 1.165) is 72.5 Å². The zero-order valence-electron chi connectivity index (χ0n) is 35.5. The SMILES string of the molecule is C=C1N(CCOC)C=C(C(=O)Nc2cccc(-c3cccc(-c4cc5c(c(OC)n4)C(C)CC5)c3Cl)c2CC)C(=O)N1C.CCC(C)CCC1(CC)CCNC(=O)N1. The summed E-state index contributed by atoms with van der Waals surface area (Å²) in [5.74, 6) is 1.38. The largest absolute Gasteiger partial charge is 0.481 e. The van der Waals surface area contributed by atoms with E-state index < -0.39 is 11.8 Å². The van der Waals surface area contributed by atoms with E-state index in [4.69, 9.17) is 26.1 Å².